The molecular formula is C13H25NO. The van der Waals surface area contributed by atoms with E-state index in [2.05, 4.69) is 39.6 Å². The van der Waals surface area contributed by atoms with E-state index < -0.39 is 0 Å². The van der Waals surface area contributed by atoms with Crippen molar-refractivity contribution in [2.24, 2.45) is 5.41 Å². The summed E-state index contributed by atoms with van der Waals surface area (Å²) < 4.78 is 0. The fraction of sp³-hybridized carbons (Fsp3) is 0.769. The van der Waals surface area contributed by atoms with Gasteiger partial charge in [-0.15, -0.1) is 6.58 Å². The molecule has 0 radical (unpaired) electrons. The maximum atomic E-state index is 10.7. The Morgan fingerprint density at radius 2 is 1.73 bits per heavy atom. The van der Waals surface area contributed by atoms with Gasteiger partial charge in [0.1, 0.15) is 0 Å². The molecule has 1 aliphatic carbocycles. The van der Waals surface area contributed by atoms with E-state index in [1.54, 1.807) is 6.92 Å². The normalized spacial score (nSPS) is 17.9. The minimum Gasteiger partial charge on any atom is -0.347 e. The van der Waals surface area contributed by atoms with Crippen LogP contribution in [0, 0.1) is 5.41 Å². The molecule has 0 aromatic heterocycles. The van der Waals surface area contributed by atoms with Crippen molar-refractivity contribution in [3.63, 3.8) is 0 Å². The summed E-state index contributed by atoms with van der Waals surface area (Å²) in [7, 11) is 0. The van der Waals surface area contributed by atoms with Crippen LogP contribution in [0.3, 0.4) is 0 Å². The molecule has 0 atom stereocenters. The molecule has 0 bridgehead atoms. The highest BCUT2D eigenvalue weighted by Crippen LogP contribution is 2.32. The molecule has 1 saturated carbocycles. The Morgan fingerprint density at radius 3 is 1.80 bits per heavy atom. The first-order valence-corrected chi connectivity index (χ1v) is 5.61. The van der Waals surface area contributed by atoms with Crippen LogP contribution in [0.25, 0.3) is 0 Å². The van der Waals surface area contributed by atoms with Crippen molar-refractivity contribution in [1.29, 1.82) is 0 Å². The second-order valence-corrected chi connectivity index (χ2v) is 5.90. The van der Waals surface area contributed by atoms with Gasteiger partial charge in [0, 0.05) is 6.92 Å². The third-order valence-corrected chi connectivity index (χ3v) is 2.06. The van der Waals surface area contributed by atoms with E-state index >= 15 is 0 Å². The van der Waals surface area contributed by atoms with Gasteiger partial charge in [0.25, 0.3) is 0 Å². The number of rotatable bonds is 2. The quantitative estimate of drug-likeness (QED) is 0.698. The van der Waals surface area contributed by atoms with Crippen molar-refractivity contribution in [2.75, 3.05) is 0 Å². The summed E-state index contributed by atoms with van der Waals surface area (Å²) in [4.78, 5) is 10.7. The number of carbonyl (C=O) groups is 1. The monoisotopic (exact) mass is 211 g/mol. The minimum atomic E-state index is -0.0498. The number of carbonyl (C=O) groups excluding carboxylic acids is 1. The smallest absolute Gasteiger partial charge is 0.217 e. The molecule has 0 spiro atoms. The lowest BCUT2D eigenvalue weighted by Gasteiger charge is -2.39. The molecule has 0 saturated heterocycles. The third-order valence-electron chi connectivity index (χ3n) is 2.06. The topological polar surface area (TPSA) is 29.1 Å². The van der Waals surface area contributed by atoms with Crippen molar-refractivity contribution >= 4 is 5.91 Å². The van der Waals surface area contributed by atoms with E-state index in [1.165, 1.54) is 6.42 Å². The number of amides is 1. The van der Waals surface area contributed by atoms with Gasteiger partial charge in [-0.2, -0.15) is 0 Å². The average Bonchev–Trinajstić information content (AvgIpc) is 1.93. The summed E-state index contributed by atoms with van der Waals surface area (Å²) in [6.07, 6.45) is 5.15. The first kappa shape index (κ1) is 14.2. The summed E-state index contributed by atoms with van der Waals surface area (Å²) in [6.45, 7) is 14.0. The molecule has 1 fully saturated rings. The lowest BCUT2D eigenvalue weighted by atomic mass is 9.77. The van der Waals surface area contributed by atoms with Crippen LogP contribution >= 0.6 is 0 Å². The van der Waals surface area contributed by atoms with Crippen molar-refractivity contribution in [1.82, 2.24) is 5.32 Å². The van der Waals surface area contributed by atoms with Crippen molar-refractivity contribution in [3.05, 3.63) is 12.7 Å². The standard InChI is InChI=1S/C8H13NO.C5H12/c1-3-8(5-4-6-8)9-7(2)10;1-5(2,3)4/h3H,1,4-6H2,2H3,(H,9,10);1-4H3. The van der Waals surface area contributed by atoms with Crippen LogP contribution in [0.4, 0.5) is 0 Å². The second-order valence-electron chi connectivity index (χ2n) is 5.90. The summed E-state index contributed by atoms with van der Waals surface area (Å²) >= 11 is 0. The Kier molecular flexibility index (Phi) is 5.06. The Labute approximate surface area is 94.1 Å². The zero-order valence-electron chi connectivity index (χ0n) is 10.8. The Morgan fingerprint density at radius 1 is 1.33 bits per heavy atom. The van der Waals surface area contributed by atoms with Crippen LogP contribution in [-0.2, 0) is 4.79 Å². The van der Waals surface area contributed by atoms with Gasteiger partial charge in [-0.25, -0.2) is 0 Å². The molecule has 15 heavy (non-hydrogen) atoms. The van der Waals surface area contributed by atoms with Crippen molar-refractivity contribution in [3.8, 4) is 0 Å². The molecule has 1 N–H and O–H groups in total. The van der Waals surface area contributed by atoms with E-state index in [1.807, 2.05) is 6.08 Å². The summed E-state index contributed by atoms with van der Waals surface area (Å²) in [5.41, 5.74) is 0.450. The Balaban J connectivity index is 0.000000336. The predicted octanol–water partition coefficient (Wildman–Crippen LogP) is 3.28. The fourth-order valence-electron chi connectivity index (χ4n) is 1.29. The number of hydrogen-bond donors (Lipinski definition) is 1. The molecule has 2 heteroatoms. The molecule has 1 aliphatic rings. The van der Waals surface area contributed by atoms with Gasteiger partial charge in [-0.05, 0) is 24.7 Å². The molecule has 0 aliphatic heterocycles. The number of nitrogens with one attached hydrogen (secondary N) is 1. The van der Waals surface area contributed by atoms with Gasteiger partial charge in [0.15, 0.2) is 0 Å². The summed E-state index contributed by atoms with van der Waals surface area (Å²) in [5, 5.41) is 2.89. The molecule has 0 aromatic carbocycles. The van der Waals surface area contributed by atoms with Crippen LogP contribution in [0.5, 0.6) is 0 Å². The Bertz CT molecular complexity index is 215. The zero-order valence-corrected chi connectivity index (χ0v) is 10.8. The summed E-state index contributed by atoms with van der Waals surface area (Å²) in [6, 6.07) is 0. The van der Waals surface area contributed by atoms with E-state index in [0.29, 0.717) is 5.41 Å². The van der Waals surface area contributed by atoms with Gasteiger partial charge < -0.3 is 5.32 Å². The van der Waals surface area contributed by atoms with E-state index in [9.17, 15) is 4.79 Å². The van der Waals surface area contributed by atoms with Gasteiger partial charge in [-0.3, -0.25) is 4.79 Å². The highest BCUT2D eigenvalue weighted by molar-refractivity contribution is 5.74. The van der Waals surface area contributed by atoms with Crippen LogP contribution in [0.15, 0.2) is 12.7 Å². The molecule has 0 heterocycles. The molecule has 1 amide bonds. The van der Waals surface area contributed by atoms with Crippen molar-refractivity contribution < 1.29 is 4.79 Å². The maximum Gasteiger partial charge on any atom is 0.217 e. The Hall–Kier alpha value is -0.790. The second kappa shape index (κ2) is 5.34. The van der Waals surface area contributed by atoms with Gasteiger partial charge in [0.05, 0.1) is 5.54 Å². The van der Waals surface area contributed by atoms with Gasteiger partial charge in [0.2, 0.25) is 5.91 Å². The van der Waals surface area contributed by atoms with Crippen LogP contribution in [0.1, 0.15) is 53.9 Å². The molecule has 1 rings (SSSR count). The van der Waals surface area contributed by atoms with Crippen molar-refractivity contribution in [2.45, 2.75) is 59.4 Å². The average molecular weight is 211 g/mol. The zero-order chi connectivity index (χ0) is 12.1. The highest BCUT2D eigenvalue weighted by atomic mass is 16.1. The summed E-state index contributed by atoms with van der Waals surface area (Å²) in [5.74, 6) is 0.0413. The molecule has 2 nitrogen and oxygen atoms in total. The maximum absolute atomic E-state index is 10.7. The van der Waals surface area contributed by atoms with E-state index in [0.717, 1.165) is 12.8 Å². The lowest BCUT2D eigenvalue weighted by molar-refractivity contribution is -0.121. The predicted molar refractivity (Wildman–Crippen MR) is 65.7 cm³/mol. The van der Waals surface area contributed by atoms with Crippen LogP contribution in [0.2, 0.25) is 0 Å². The third kappa shape index (κ3) is 7.18. The first-order valence-electron chi connectivity index (χ1n) is 5.61. The molecule has 0 unspecified atom stereocenters. The first-order chi connectivity index (χ1) is 6.68. The van der Waals surface area contributed by atoms with Crippen LogP contribution < -0.4 is 5.32 Å². The van der Waals surface area contributed by atoms with E-state index in [4.69, 9.17) is 0 Å². The largest absolute Gasteiger partial charge is 0.347 e. The SMILES string of the molecule is C=CC1(NC(C)=O)CCC1.CC(C)(C)C. The lowest BCUT2D eigenvalue weighted by Crippen LogP contribution is -2.51. The van der Waals surface area contributed by atoms with Gasteiger partial charge >= 0.3 is 0 Å². The van der Waals surface area contributed by atoms with Gasteiger partial charge in [-0.1, -0.05) is 33.8 Å². The number of hydrogen-bond acceptors (Lipinski definition) is 1. The fourth-order valence-corrected chi connectivity index (χ4v) is 1.29. The highest BCUT2D eigenvalue weighted by Gasteiger charge is 2.34. The van der Waals surface area contributed by atoms with Crippen LogP contribution in [-0.4, -0.2) is 11.4 Å². The molecular weight excluding hydrogens is 186 g/mol. The van der Waals surface area contributed by atoms with E-state index in [-0.39, 0.29) is 11.4 Å². The molecule has 0 aromatic rings. The molecule has 88 valence electrons. The minimum absolute atomic E-state index is 0.0413.